The highest BCUT2D eigenvalue weighted by Crippen LogP contribution is 2.57. The molecule has 12 nitrogen and oxygen atoms in total. The van der Waals surface area contributed by atoms with Crippen molar-refractivity contribution in [3.05, 3.63) is 88.0 Å². The summed E-state index contributed by atoms with van der Waals surface area (Å²) in [5, 5.41) is 55.6. The van der Waals surface area contributed by atoms with Crippen molar-refractivity contribution < 1.29 is 44.1 Å². The van der Waals surface area contributed by atoms with Gasteiger partial charge in [-0.05, 0) is 68.1 Å². The molecule has 304 valence electrons. The summed E-state index contributed by atoms with van der Waals surface area (Å²) >= 11 is 0. The van der Waals surface area contributed by atoms with E-state index in [0.29, 0.717) is 59.9 Å². The van der Waals surface area contributed by atoms with Gasteiger partial charge in [-0.2, -0.15) is 0 Å². The van der Waals surface area contributed by atoms with Crippen LogP contribution in [0.15, 0.2) is 54.6 Å². The Balaban J connectivity index is 1.14. The zero-order valence-corrected chi connectivity index (χ0v) is 33.0. The summed E-state index contributed by atoms with van der Waals surface area (Å²) in [6.45, 7) is 4.41. The van der Waals surface area contributed by atoms with E-state index in [9.17, 15) is 20.4 Å². The second kappa shape index (κ2) is 16.6. The van der Waals surface area contributed by atoms with Crippen LogP contribution in [0.4, 0.5) is 5.69 Å². The molecule has 0 bridgehead atoms. The minimum absolute atomic E-state index is 0.0604. The Morgan fingerprint density at radius 1 is 0.912 bits per heavy atom. The van der Waals surface area contributed by atoms with E-state index in [0.717, 1.165) is 60.2 Å². The Morgan fingerprint density at radius 3 is 2.42 bits per heavy atom. The number of rotatable bonds is 16. The van der Waals surface area contributed by atoms with E-state index in [1.165, 1.54) is 12.7 Å². The monoisotopic (exact) mass is 781 g/mol. The first kappa shape index (κ1) is 39.1. The molecule has 4 aliphatic rings. The van der Waals surface area contributed by atoms with Gasteiger partial charge in [0.2, 0.25) is 5.75 Å². The van der Waals surface area contributed by atoms with Gasteiger partial charge in [0.1, 0.15) is 30.6 Å². The zero-order chi connectivity index (χ0) is 39.7. The predicted octanol–water partition coefficient (Wildman–Crippen LogP) is 5.84. The van der Waals surface area contributed by atoms with Crippen LogP contribution in [-0.4, -0.2) is 80.8 Å². The number of nitrogens with one attached hydrogen (secondary N) is 3. The van der Waals surface area contributed by atoms with Gasteiger partial charge in [0.15, 0.2) is 17.7 Å². The molecule has 2 aliphatic heterocycles. The van der Waals surface area contributed by atoms with Crippen LogP contribution in [0.1, 0.15) is 84.2 Å². The number of fused-ring (bicyclic) bond motifs is 2. The van der Waals surface area contributed by atoms with E-state index < -0.39 is 18.2 Å². The standard InChI is InChI=1S/C45H55N3O9/c1-4-47-25-57-35-21-33(54-17-16-46-2)29-12-13-30-38-32(48-44(52)41(35)40(29)38)20-34-39(30)42(50)31(24-56-34)26-18-36(53-3)43(51)37(19-26)55-23-28(22-49)45(14-8-9-15-45)27-10-6-5-7-11-27/h5-7,10-11,18-21,28,31,42,44,46-52H,4,8-9,12-17,22-25H2,1-3H3/t28-,31+,42+,44-/m1/s1. The quantitative estimate of drug-likeness (QED) is 0.0539. The van der Waals surface area contributed by atoms with Gasteiger partial charge in [-0.1, -0.05) is 50.1 Å². The van der Waals surface area contributed by atoms with E-state index in [2.05, 4.69) is 28.1 Å². The Morgan fingerprint density at radius 2 is 1.68 bits per heavy atom. The maximum atomic E-state index is 12.4. The third kappa shape index (κ3) is 7.01. The molecule has 4 aromatic carbocycles. The van der Waals surface area contributed by atoms with Crippen LogP contribution in [0.5, 0.6) is 34.5 Å². The summed E-state index contributed by atoms with van der Waals surface area (Å²) in [5.41, 5.74) is 7.39. The minimum atomic E-state index is -1.04. The number of hydrogen-bond acceptors (Lipinski definition) is 12. The van der Waals surface area contributed by atoms with Gasteiger partial charge in [-0.25, -0.2) is 0 Å². The second-order valence-electron chi connectivity index (χ2n) is 15.6. The lowest BCUT2D eigenvalue weighted by Gasteiger charge is -2.39. The topological polar surface area (TPSA) is 163 Å². The van der Waals surface area contributed by atoms with Gasteiger partial charge in [0, 0.05) is 70.5 Å². The van der Waals surface area contributed by atoms with E-state index in [-0.39, 0.29) is 55.1 Å². The number of methoxy groups -OCH3 is 1. The van der Waals surface area contributed by atoms with Crippen LogP contribution in [0.2, 0.25) is 0 Å². The van der Waals surface area contributed by atoms with Gasteiger partial charge in [0.05, 0.1) is 32.0 Å². The first-order valence-electron chi connectivity index (χ1n) is 20.3. The number of anilines is 1. The fourth-order valence-electron chi connectivity index (χ4n) is 9.66. The number of aliphatic hydroxyl groups excluding tert-OH is 3. The zero-order valence-electron chi connectivity index (χ0n) is 33.0. The Kier molecular flexibility index (Phi) is 11.4. The molecule has 0 spiro atoms. The van der Waals surface area contributed by atoms with Crippen LogP contribution in [0.3, 0.4) is 0 Å². The second-order valence-corrected chi connectivity index (χ2v) is 15.6. The van der Waals surface area contributed by atoms with Crippen molar-refractivity contribution in [3.8, 4) is 45.6 Å². The molecule has 1 saturated carbocycles. The van der Waals surface area contributed by atoms with Crippen molar-refractivity contribution in [2.75, 3.05) is 65.7 Å². The largest absolute Gasteiger partial charge is 0.502 e. The number of aromatic hydroxyl groups is 1. The fraction of sp³-hybridized carbons (Fsp3) is 0.467. The lowest BCUT2D eigenvalue weighted by atomic mass is 9.69. The van der Waals surface area contributed by atoms with E-state index >= 15 is 0 Å². The van der Waals surface area contributed by atoms with Crippen LogP contribution >= 0.6 is 0 Å². The van der Waals surface area contributed by atoms with Gasteiger partial charge in [0.25, 0.3) is 0 Å². The molecular formula is C45H55N3O9. The van der Waals surface area contributed by atoms with Gasteiger partial charge in [-0.3, -0.25) is 5.32 Å². The number of phenolic OH excluding ortho intramolecular Hbond substituents is 1. The van der Waals surface area contributed by atoms with Crippen molar-refractivity contribution in [3.63, 3.8) is 0 Å². The van der Waals surface area contributed by atoms with Gasteiger partial charge in [-0.15, -0.1) is 0 Å². The van der Waals surface area contributed by atoms with Gasteiger partial charge < -0.3 is 54.7 Å². The normalized spacial score (nSPS) is 20.4. The summed E-state index contributed by atoms with van der Waals surface area (Å²) in [4.78, 5) is 0. The number of likely N-dealkylation sites (N-methyl/N-ethyl adjacent to an activating group) is 1. The molecule has 4 atom stereocenters. The smallest absolute Gasteiger partial charge is 0.200 e. The maximum Gasteiger partial charge on any atom is 0.200 e. The molecule has 0 saturated heterocycles. The Labute approximate surface area is 334 Å². The van der Waals surface area contributed by atoms with Crippen LogP contribution in [0, 0.1) is 5.92 Å². The molecule has 7 N–H and O–H groups in total. The van der Waals surface area contributed by atoms with Crippen LogP contribution in [0.25, 0.3) is 11.1 Å². The Bertz CT molecular complexity index is 2070. The highest BCUT2D eigenvalue weighted by atomic mass is 16.5. The summed E-state index contributed by atoms with van der Waals surface area (Å²) in [6.07, 6.45) is 3.28. The average molecular weight is 782 g/mol. The molecule has 0 unspecified atom stereocenters. The molecule has 0 radical (unpaired) electrons. The summed E-state index contributed by atoms with van der Waals surface area (Å²) in [6, 6.07) is 17.6. The average Bonchev–Trinajstić information content (AvgIpc) is 3.73. The Hall–Kier alpha value is -4.72. The van der Waals surface area contributed by atoms with Crippen LogP contribution in [-0.2, 0) is 18.3 Å². The lowest BCUT2D eigenvalue weighted by molar-refractivity contribution is 0.0868. The van der Waals surface area contributed by atoms with E-state index in [1.54, 1.807) is 12.1 Å². The molecule has 57 heavy (non-hydrogen) atoms. The first-order chi connectivity index (χ1) is 27.8. The van der Waals surface area contributed by atoms with Crippen molar-refractivity contribution in [1.82, 2.24) is 10.6 Å². The molecule has 4 aromatic rings. The highest BCUT2D eigenvalue weighted by Gasteiger charge is 2.44. The van der Waals surface area contributed by atoms with Crippen LogP contribution < -0.4 is 39.6 Å². The third-order valence-electron chi connectivity index (χ3n) is 12.6. The molecule has 12 heteroatoms. The van der Waals surface area contributed by atoms with Crippen molar-refractivity contribution in [2.45, 2.75) is 69.1 Å². The fourth-order valence-corrected chi connectivity index (χ4v) is 9.66. The minimum Gasteiger partial charge on any atom is -0.502 e. The predicted molar refractivity (Wildman–Crippen MR) is 217 cm³/mol. The SMILES string of the molecule is CCNCOc1cc(OCCNC)c2c3c1[C@@H](O)Nc1cc4c(c(c1-3)CC2)[C@@H](O)[C@H](c1cc(OC)c(O)c(OC[C@@H](CO)C2(c3ccccc3)CCCC2)c1)CO4. The molecular weight excluding hydrogens is 727 g/mol. The van der Waals surface area contributed by atoms with E-state index in [4.69, 9.17) is 23.7 Å². The number of aliphatic hydroxyl groups is 3. The number of ether oxygens (including phenoxy) is 5. The van der Waals surface area contributed by atoms with Crippen molar-refractivity contribution in [2.24, 2.45) is 5.92 Å². The lowest BCUT2D eigenvalue weighted by Crippen LogP contribution is -2.38. The molecule has 2 heterocycles. The number of benzene rings is 4. The summed E-state index contributed by atoms with van der Waals surface area (Å²) in [5.74, 6) is 1.37. The molecule has 0 amide bonds. The third-order valence-corrected chi connectivity index (χ3v) is 12.6. The summed E-state index contributed by atoms with van der Waals surface area (Å²) < 4.78 is 31.0. The maximum absolute atomic E-state index is 12.4. The van der Waals surface area contributed by atoms with Gasteiger partial charge >= 0.3 is 0 Å². The van der Waals surface area contributed by atoms with Crippen molar-refractivity contribution in [1.29, 1.82) is 0 Å². The van der Waals surface area contributed by atoms with E-state index in [1.807, 2.05) is 44.3 Å². The summed E-state index contributed by atoms with van der Waals surface area (Å²) in [7, 11) is 3.37. The molecule has 0 aromatic heterocycles. The molecule has 8 rings (SSSR count). The molecule has 1 fully saturated rings. The first-order valence-corrected chi connectivity index (χ1v) is 20.3. The number of hydrogen-bond donors (Lipinski definition) is 7. The number of phenols is 1. The van der Waals surface area contributed by atoms with Crippen molar-refractivity contribution >= 4 is 5.69 Å². The highest BCUT2D eigenvalue weighted by molar-refractivity contribution is 5.93. The molecule has 2 aliphatic carbocycles.